The number of aromatic carboxylic acids is 1. The van der Waals surface area contributed by atoms with Gasteiger partial charge >= 0.3 is 5.97 Å². The number of aryl methyl sites for hydroxylation is 1. The van der Waals surface area contributed by atoms with E-state index in [0.29, 0.717) is 0 Å². The van der Waals surface area contributed by atoms with E-state index in [1.165, 1.54) is 0 Å². The van der Waals surface area contributed by atoms with Crippen LogP contribution in [0.1, 0.15) is 16.8 Å². The molecule has 1 heterocycles. The van der Waals surface area contributed by atoms with E-state index < -0.39 is 5.97 Å². The van der Waals surface area contributed by atoms with Crippen LogP contribution >= 0.6 is 11.8 Å². The fraction of sp³-hybridized carbons (Fsp3) is 0.429. The van der Waals surface area contributed by atoms with Crippen LogP contribution in [-0.4, -0.2) is 51.9 Å². The SMILES string of the molecule is CN(C)CCCSc1nc2cc(C(=O)O)ccc2n1C. The molecule has 0 saturated heterocycles. The number of aromatic nitrogens is 2. The maximum absolute atomic E-state index is 11.0. The molecule has 6 heteroatoms. The van der Waals surface area contributed by atoms with Gasteiger partial charge in [-0.3, -0.25) is 0 Å². The molecule has 1 aromatic carbocycles. The van der Waals surface area contributed by atoms with Crippen molar-refractivity contribution in [2.75, 3.05) is 26.4 Å². The van der Waals surface area contributed by atoms with Gasteiger partial charge < -0.3 is 14.6 Å². The van der Waals surface area contributed by atoms with Crippen molar-refractivity contribution in [1.29, 1.82) is 0 Å². The van der Waals surface area contributed by atoms with Crippen molar-refractivity contribution in [1.82, 2.24) is 14.5 Å². The van der Waals surface area contributed by atoms with E-state index >= 15 is 0 Å². The average Bonchev–Trinajstić information content (AvgIpc) is 2.71. The van der Waals surface area contributed by atoms with Gasteiger partial charge in [0.05, 0.1) is 16.6 Å². The smallest absolute Gasteiger partial charge is 0.335 e. The lowest BCUT2D eigenvalue weighted by atomic mass is 10.2. The minimum Gasteiger partial charge on any atom is -0.478 e. The monoisotopic (exact) mass is 293 g/mol. The third-order valence-corrected chi connectivity index (χ3v) is 4.18. The second-order valence-corrected chi connectivity index (χ2v) is 6.03. The van der Waals surface area contributed by atoms with Crippen LogP contribution in [0.5, 0.6) is 0 Å². The van der Waals surface area contributed by atoms with E-state index in [1.54, 1.807) is 23.9 Å². The highest BCUT2D eigenvalue weighted by Crippen LogP contribution is 2.24. The predicted molar refractivity (Wildman–Crippen MR) is 81.6 cm³/mol. The van der Waals surface area contributed by atoms with Crippen LogP contribution in [0.15, 0.2) is 23.4 Å². The molecular formula is C14H19N3O2S. The van der Waals surface area contributed by atoms with Crippen LogP contribution in [-0.2, 0) is 7.05 Å². The molecule has 0 aliphatic rings. The molecule has 0 spiro atoms. The number of nitrogens with zero attached hydrogens (tertiary/aromatic N) is 3. The first-order valence-corrected chi connectivity index (χ1v) is 7.45. The number of rotatable bonds is 6. The van der Waals surface area contributed by atoms with Crippen LogP contribution in [0.25, 0.3) is 11.0 Å². The van der Waals surface area contributed by atoms with Crippen LogP contribution < -0.4 is 0 Å². The fourth-order valence-corrected chi connectivity index (χ4v) is 2.89. The Kier molecular flexibility index (Phi) is 4.67. The van der Waals surface area contributed by atoms with Gasteiger partial charge in [0, 0.05) is 12.8 Å². The van der Waals surface area contributed by atoms with Gasteiger partial charge in [0.25, 0.3) is 0 Å². The molecule has 0 bridgehead atoms. The Morgan fingerprint density at radius 2 is 2.20 bits per heavy atom. The molecule has 1 N–H and O–H groups in total. The summed E-state index contributed by atoms with van der Waals surface area (Å²) in [6, 6.07) is 5.06. The lowest BCUT2D eigenvalue weighted by Gasteiger charge is -2.08. The zero-order valence-corrected chi connectivity index (χ0v) is 12.8. The van der Waals surface area contributed by atoms with Crippen LogP contribution in [0.4, 0.5) is 0 Å². The third-order valence-electron chi connectivity index (χ3n) is 3.07. The summed E-state index contributed by atoms with van der Waals surface area (Å²) in [5, 5.41) is 9.93. The molecule has 0 fully saturated rings. The highest BCUT2D eigenvalue weighted by atomic mass is 32.2. The van der Waals surface area contributed by atoms with Crippen molar-refractivity contribution < 1.29 is 9.90 Å². The molecule has 5 nitrogen and oxygen atoms in total. The Bertz CT molecular complexity index is 622. The molecule has 0 saturated carbocycles. The number of imidazole rings is 1. The molecule has 0 amide bonds. The molecule has 20 heavy (non-hydrogen) atoms. The molecule has 2 rings (SSSR count). The van der Waals surface area contributed by atoms with Gasteiger partial charge in [-0.1, -0.05) is 11.8 Å². The van der Waals surface area contributed by atoms with E-state index in [1.807, 2.05) is 17.7 Å². The highest BCUT2D eigenvalue weighted by molar-refractivity contribution is 7.99. The number of thioether (sulfide) groups is 1. The Hall–Kier alpha value is -1.53. The molecule has 2 aromatic rings. The minimum absolute atomic E-state index is 0.278. The maximum atomic E-state index is 11.0. The summed E-state index contributed by atoms with van der Waals surface area (Å²) >= 11 is 1.71. The topological polar surface area (TPSA) is 58.4 Å². The second-order valence-electron chi connectivity index (χ2n) is 4.97. The summed E-state index contributed by atoms with van der Waals surface area (Å²) in [7, 11) is 6.09. The maximum Gasteiger partial charge on any atom is 0.335 e. The Labute approximate surface area is 122 Å². The normalized spacial score (nSPS) is 11.4. The number of carboxylic acids is 1. The standard InChI is InChI=1S/C14H19N3O2S/c1-16(2)7-4-8-20-14-15-11-9-10(13(18)19)5-6-12(11)17(14)3/h5-6,9H,4,7-8H2,1-3H3,(H,18,19). The van der Waals surface area contributed by atoms with Gasteiger partial charge in [-0.05, 0) is 45.3 Å². The second kappa shape index (κ2) is 6.28. The number of carbonyl (C=O) groups is 1. The van der Waals surface area contributed by atoms with Crippen molar-refractivity contribution in [2.24, 2.45) is 7.05 Å². The summed E-state index contributed by atoms with van der Waals surface area (Å²) in [5.74, 6) is 0.0824. The summed E-state index contributed by atoms with van der Waals surface area (Å²) < 4.78 is 2.02. The summed E-state index contributed by atoms with van der Waals surface area (Å²) in [6.07, 6.45) is 1.10. The molecular weight excluding hydrogens is 274 g/mol. The van der Waals surface area contributed by atoms with Gasteiger partial charge in [0.1, 0.15) is 0 Å². The Morgan fingerprint density at radius 3 is 2.85 bits per heavy atom. The number of benzene rings is 1. The van der Waals surface area contributed by atoms with Gasteiger partial charge in [0.2, 0.25) is 0 Å². The first-order chi connectivity index (χ1) is 9.49. The van der Waals surface area contributed by atoms with Crippen molar-refractivity contribution in [3.05, 3.63) is 23.8 Å². The number of fused-ring (bicyclic) bond motifs is 1. The van der Waals surface area contributed by atoms with Crippen LogP contribution in [0, 0.1) is 0 Å². The minimum atomic E-state index is -0.919. The van der Waals surface area contributed by atoms with Crippen molar-refractivity contribution >= 4 is 28.8 Å². The zero-order valence-electron chi connectivity index (χ0n) is 12.0. The summed E-state index contributed by atoms with van der Waals surface area (Å²) in [4.78, 5) is 17.6. The van der Waals surface area contributed by atoms with E-state index in [0.717, 1.165) is 34.9 Å². The van der Waals surface area contributed by atoms with E-state index in [9.17, 15) is 4.79 Å². The quantitative estimate of drug-likeness (QED) is 0.654. The van der Waals surface area contributed by atoms with Crippen LogP contribution in [0.3, 0.4) is 0 Å². The average molecular weight is 293 g/mol. The summed E-state index contributed by atoms with van der Waals surface area (Å²) in [5.41, 5.74) is 1.98. The van der Waals surface area contributed by atoms with E-state index in [2.05, 4.69) is 24.0 Å². The zero-order chi connectivity index (χ0) is 14.7. The van der Waals surface area contributed by atoms with Crippen molar-refractivity contribution in [3.8, 4) is 0 Å². The molecule has 0 radical (unpaired) electrons. The third kappa shape index (κ3) is 3.32. The van der Waals surface area contributed by atoms with Crippen molar-refractivity contribution in [3.63, 3.8) is 0 Å². The molecule has 108 valence electrons. The Morgan fingerprint density at radius 1 is 1.45 bits per heavy atom. The molecule has 1 aromatic heterocycles. The predicted octanol–water partition coefficient (Wildman–Crippen LogP) is 2.32. The van der Waals surface area contributed by atoms with Gasteiger partial charge in [-0.2, -0.15) is 0 Å². The van der Waals surface area contributed by atoms with Gasteiger partial charge in [-0.15, -0.1) is 0 Å². The number of hydrogen-bond donors (Lipinski definition) is 1. The summed E-state index contributed by atoms with van der Waals surface area (Å²) in [6.45, 7) is 1.06. The fourth-order valence-electron chi connectivity index (χ4n) is 1.98. The molecule has 0 atom stereocenters. The largest absolute Gasteiger partial charge is 0.478 e. The van der Waals surface area contributed by atoms with Crippen LogP contribution in [0.2, 0.25) is 0 Å². The van der Waals surface area contributed by atoms with E-state index in [-0.39, 0.29) is 5.56 Å². The first kappa shape index (κ1) is 14.9. The number of carboxylic acid groups (broad SMARTS) is 1. The molecule has 0 aliphatic carbocycles. The molecule has 0 unspecified atom stereocenters. The highest BCUT2D eigenvalue weighted by Gasteiger charge is 2.11. The number of hydrogen-bond acceptors (Lipinski definition) is 4. The molecule has 0 aliphatic heterocycles. The van der Waals surface area contributed by atoms with Crippen molar-refractivity contribution in [2.45, 2.75) is 11.6 Å². The van der Waals surface area contributed by atoms with Gasteiger partial charge in [-0.25, -0.2) is 9.78 Å². The first-order valence-electron chi connectivity index (χ1n) is 6.46. The Balaban J connectivity index is 2.14. The lowest BCUT2D eigenvalue weighted by molar-refractivity contribution is 0.0697. The van der Waals surface area contributed by atoms with Gasteiger partial charge in [0.15, 0.2) is 5.16 Å². The van der Waals surface area contributed by atoms with E-state index in [4.69, 9.17) is 5.11 Å². The lowest BCUT2D eigenvalue weighted by Crippen LogP contribution is -2.13.